The first-order valence-electron chi connectivity index (χ1n) is 7.21. The minimum absolute atomic E-state index is 0.169. The summed E-state index contributed by atoms with van der Waals surface area (Å²) in [4.78, 5) is 0. The summed E-state index contributed by atoms with van der Waals surface area (Å²) in [5.41, 5.74) is 2.87. The summed E-state index contributed by atoms with van der Waals surface area (Å²) in [5, 5.41) is 3.51. The number of hydrogen-bond donors (Lipinski definition) is 1. The highest BCUT2D eigenvalue weighted by Crippen LogP contribution is 2.24. The van der Waals surface area contributed by atoms with E-state index in [1.807, 2.05) is 0 Å². The molecule has 0 aromatic heterocycles. The molecule has 104 valence electrons. The van der Waals surface area contributed by atoms with Crippen LogP contribution in [0.15, 0.2) is 24.3 Å². The minimum Gasteiger partial charge on any atom is -0.297 e. The molecule has 0 aliphatic heterocycles. The van der Waals surface area contributed by atoms with Crippen LogP contribution < -0.4 is 5.32 Å². The fourth-order valence-corrected chi connectivity index (χ4v) is 2.17. The first-order chi connectivity index (χ1) is 8.88. The lowest BCUT2D eigenvalue weighted by molar-refractivity contribution is 0.494. The van der Waals surface area contributed by atoms with Gasteiger partial charge in [-0.2, -0.15) is 0 Å². The quantitative estimate of drug-likeness (QED) is 0.769. The molecule has 1 aromatic carbocycles. The fraction of sp³-hybridized carbons (Fsp3) is 0.556. The van der Waals surface area contributed by atoms with Crippen LogP contribution >= 0.6 is 0 Å². The second-order valence-electron chi connectivity index (χ2n) is 6.27. The van der Waals surface area contributed by atoms with Crippen LogP contribution in [0.1, 0.15) is 64.6 Å². The lowest BCUT2D eigenvalue weighted by Gasteiger charge is -2.22. The molecular weight excluding hydrogens is 230 g/mol. The summed E-state index contributed by atoms with van der Waals surface area (Å²) in [5.74, 6) is 2.83. The molecule has 1 rings (SSSR count). The van der Waals surface area contributed by atoms with Crippen molar-refractivity contribution in [1.29, 1.82) is 0 Å². The molecule has 0 saturated heterocycles. The number of nitrogens with one attached hydrogen (secondary N) is 1. The summed E-state index contributed by atoms with van der Waals surface area (Å²) in [6.07, 6.45) is 7.69. The van der Waals surface area contributed by atoms with Crippen LogP contribution in [0.3, 0.4) is 0 Å². The Morgan fingerprint density at radius 2 is 1.79 bits per heavy atom. The van der Waals surface area contributed by atoms with Crippen LogP contribution in [-0.4, -0.2) is 6.04 Å². The Morgan fingerprint density at radius 3 is 2.21 bits per heavy atom. The van der Waals surface area contributed by atoms with Crippen molar-refractivity contribution in [2.75, 3.05) is 0 Å². The highest BCUT2D eigenvalue weighted by molar-refractivity contribution is 5.29. The van der Waals surface area contributed by atoms with Crippen molar-refractivity contribution in [2.45, 2.75) is 65.0 Å². The van der Waals surface area contributed by atoms with Gasteiger partial charge in [0.1, 0.15) is 0 Å². The topological polar surface area (TPSA) is 12.0 Å². The van der Waals surface area contributed by atoms with Gasteiger partial charge in [0.15, 0.2) is 0 Å². The maximum atomic E-state index is 5.55. The van der Waals surface area contributed by atoms with Gasteiger partial charge in [-0.15, -0.1) is 6.42 Å². The average Bonchev–Trinajstić information content (AvgIpc) is 2.37. The van der Waals surface area contributed by atoms with Crippen molar-refractivity contribution in [2.24, 2.45) is 0 Å². The molecule has 1 aromatic rings. The molecule has 0 spiro atoms. The second kappa shape index (κ2) is 6.78. The van der Waals surface area contributed by atoms with Gasteiger partial charge >= 0.3 is 0 Å². The fourth-order valence-electron chi connectivity index (χ4n) is 2.17. The zero-order valence-electron chi connectivity index (χ0n) is 13.0. The summed E-state index contributed by atoms with van der Waals surface area (Å²) in [6, 6.07) is 9.32. The van der Waals surface area contributed by atoms with E-state index in [4.69, 9.17) is 6.42 Å². The second-order valence-corrected chi connectivity index (χ2v) is 6.27. The Labute approximate surface area is 118 Å². The zero-order valence-corrected chi connectivity index (χ0v) is 13.0. The van der Waals surface area contributed by atoms with Gasteiger partial charge in [0, 0.05) is 6.04 Å². The number of rotatable bonds is 5. The van der Waals surface area contributed by atoms with E-state index in [1.165, 1.54) is 11.1 Å². The van der Waals surface area contributed by atoms with E-state index in [1.54, 1.807) is 0 Å². The van der Waals surface area contributed by atoms with Crippen LogP contribution in [0.25, 0.3) is 0 Å². The van der Waals surface area contributed by atoms with Gasteiger partial charge in [-0.25, -0.2) is 0 Å². The summed E-state index contributed by atoms with van der Waals surface area (Å²) >= 11 is 0. The molecule has 0 amide bonds. The van der Waals surface area contributed by atoms with Gasteiger partial charge < -0.3 is 0 Å². The number of benzene rings is 1. The predicted molar refractivity (Wildman–Crippen MR) is 84.2 cm³/mol. The van der Waals surface area contributed by atoms with Crippen molar-refractivity contribution in [1.82, 2.24) is 5.32 Å². The van der Waals surface area contributed by atoms with Crippen LogP contribution in [-0.2, 0) is 5.41 Å². The maximum absolute atomic E-state index is 5.55. The Balaban J connectivity index is 2.73. The minimum atomic E-state index is 0.169. The lowest BCUT2D eigenvalue weighted by atomic mass is 9.86. The van der Waals surface area contributed by atoms with Gasteiger partial charge in [0.25, 0.3) is 0 Å². The molecule has 0 radical (unpaired) electrons. The Bertz CT molecular complexity index is 416. The van der Waals surface area contributed by atoms with Crippen molar-refractivity contribution < 1.29 is 0 Å². The maximum Gasteiger partial charge on any atom is 0.0691 e. The predicted octanol–water partition coefficient (Wildman–Crippen LogP) is 4.44. The van der Waals surface area contributed by atoms with Crippen molar-refractivity contribution in [3.8, 4) is 12.3 Å². The summed E-state index contributed by atoms with van der Waals surface area (Å²) in [7, 11) is 0. The van der Waals surface area contributed by atoms with Crippen LogP contribution in [0.4, 0.5) is 0 Å². The molecule has 2 atom stereocenters. The van der Waals surface area contributed by atoms with E-state index in [2.05, 4.69) is 70.1 Å². The zero-order chi connectivity index (χ0) is 14.5. The largest absolute Gasteiger partial charge is 0.297 e. The third kappa shape index (κ3) is 4.73. The summed E-state index contributed by atoms with van der Waals surface area (Å²) in [6.45, 7) is 11.0. The SMILES string of the molecule is C#CC(CCC)NC(C)c1ccc(C(C)(C)C)cc1. The Morgan fingerprint density at radius 1 is 1.21 bits per heavy atom. The van der Waals surface area contributed by atoms with E-state index >= 15 is 0 Å². The molecular formula is C18H27N. The Kier molecular flexibility index (Phi) is 5.63. The normalized spacial score (nSPS) is 14.7. The van der Waals surface area contributed by atoms with Crippen molar-refractivity contribution in [3.05, 3.63) is 35.4 Å². The number of terminal acetylenes is 1. The molecule has 0 heterocycles. The Hall–Kier alpha value is -1.26. The smallest absolute Gasteiger partial charge is 0.0691 e. The highest BCUT2D eigenvalue weighted by Gasteiger charge is 2.15. The average molecular weight is 257 g/mol. The lowest BCUT2D eigenvalue weighted by Crippen LogP contribution is -2.30. The molecule has 19 heavy (non-hydrogen) atoms. The monoisotopic (exact) mass is 257 g/mol. The molecule has 0 aliphatic rings. The molecule has 0 saturated carbocycles. The van der Waals surface area contributed by atoms with Gasteiger partial charge in [0.2, 0.25) is 0 Å². The molecule has 0 aliphatic carbocycles. The van der Waals surface area contributed by atoms with Crippen LogP contribution in [0.2, 0.25) is 0 Å². The van der Waals surface area contributed by atoms with Gasteiger partial charge in [-0.1, -0.05) is 64.3 Å². The van der Waals surface area contributed by atoms with Crippen LogP contribution in [0, 0.1) is 12.3 Å². The van der Waals surface area contributed by atoms with Gasteiger partial charge in [-0.3, -0.25) is 5.32 Å². The molecule has 1 heteroatoms. The van der Waals surface area contributed by atoms with Crippen molar-refractivity contribution in [3.63, 3.8) is 0 Å². The molecule has 0 bridgehead atoms. The molecule has 2 unspecified atom stereocenters. The molecule has 1 N–H and O–H groups in total. The van der Waals surface area contributed by atoms with E-state index in [0.29, 0.717) is 6.04 Å². The van der Waals surface area contributed by atoms with Gasteiger partial charge in [-0.05, 0) is 29.9 Å². The molecule has 1 nitrogen and oxygen atoms in total. The van der Waals surface area contributed by atoms with E-state index < -0.39 is 0 Å². The van der Waals surface area contributed by atoms with Crippen molar-refractivity contribution >= 4 is 0 Å². The van der Waals surface area contributed by atoms with E-state index in [9.17, 15) is 0 Å². The molecule has 0 fully saturated rings. The first-order valence-corrected chi connectivity index (χ1v) is 7.21. The first kappa shape index (κ1) is 15.8. The highest BCUT2D eigenvalue weighted by atomic mass is 14.9. The van der Waals surface area contributed by atoms with E-state index in [-0.39, 0.29) is 11.5 Å². The standard InChI is InChI=1S/C18H27N/c1-7-9-17(8-2)19-14(3)15-10-12-16(13-11-15)18(4,5)6/h2,10-14,17,19H,7,9H2,1,3-6H3. The summed E-state index contributed by atoms with van der Waals surface area (Å²) < 4.78 is 0. The number of hydrogen-bond acceptors (Lipinski definition) is 1. The van der Waals surface area contributed by atoms with E-state index in [0.717, 1.165) is 12.8 Å². The third-order valence-corrected chi connectivity index (χ3v) is 3.51. The van der Waals surface area contributed by atoms with Gasteiger partial charge in [0.05, 0.1) is 6.04 Å². The third-order valence-electron chi connectivity index (χ3n) is 3.51. The van der Waals surface area contributed by atoms with Crippen LogP contribution in [0.5, 0.6) is 0 Å².